The number of carbonyl (C=O) groups excluding carboxylic acids is 6. The number of likely N-dealkylation sites (N-methyl/N-ethyl adjacent to an activating group) is 1. The maximum atomic E-state index is 14.4. The number of amides is 6. The predicted octanol–water partition coefficient (Wildman–Crippen LogP) is 2.41. The lowest BCUT2D eigenvalue weighted by atomic mass is 9.82. The molecule has 1 aliphatic carbocycles. The molecule has 17 heteroatoms. The summed E-state index contributed by atoms with van der Waals surface area (Å²) in [5.41, 5.74) is 12.9. The molecule has 6 amide bonds. The molecule has 2 aromatic rings. The van der Waals surface area contributed by atoms with Crippen molar-refractivity contribution in [2.75, 3.05) is 40.8 Å². The maximum absolute atomic E-state index is 14.4. The van der Waals surface area contributed by atoms with Crippen molar-refractivity contribution in [1.29, 1.82) is 0 Å². The van der Waals surface area contributed by atoms with Crippen molar-refractivity contribution in [2.45, 2.75) is 135 Å². The number of aromatic nitrogens is 2. The first kappa shape index (κ1) is 50.6. The molecular weight excluding hydrogens is 783 g/mol. The molecule has 1 aliphatic rings. The number of aliphatic hydroxyl groups is 1. The third-order valence-electron chi connectivity index (χ3n) is 11.1. The van der Waals surface area contributed by atoms with Crippen molar-refractivity contribution >= 4 is 35.6 Å². The molecule has 0 spiro atoms. The summed E-state index contributed by atoms with van der Waals surface area (Å²) in [6.07, 6.45) is 5.05. The van der Waals surface area contributed by atoms with Gasteiger partial charge in [0.2, 0.25) is 23.6 Å². The highest BCUT2D eigenvalue weighted by Crippen LogP contribution is 2.31. The average molecular weight is 855 g/mol. The number of aromatic amines is 1. The van der Waals surface area contributed by atoms with Gasteiger partial charge in [0, 0.05) is 18.3 Å². The van der Waals surface area contributed by atoms with E-state index >= 15 is 0 Å². The molecule has 17 nitrogen and oxygen atoms in total. The van der Waals surface area contributed by atoms with E-state index in [1.165, 1.54) is 12.5 Å². The van der Waals surface area contributed by atoms with Crippen molar-refractivity contribution in [3.05, 3.63) is 54.1 Å². The summed E-state index contributed by atoms with van der Waals surface area (Å²) >= 11 is 0. The smallest absolute Gasteiger partial charge is 0.417 e. The van der Waals surface area contributed by atoms with Crippen LogP contribution in [-0.2, 0) is 41.6 Å². The van der Waals surface area contributed by atoms with Gasteiger partial charge in [-0.05, 0) is 51.0 Å². The van der Waals surface area contributed by atoms with Crippen LogP contribution in [0.15, 0.2) is 42.9 Å². The second-order valence-corrected chi connectivity index (χ2v) is 18.5. The van der Waals surface area contributed by atoms with Crippen LogP contribution in [0.5, 0.6) is 0 Å². The normalized spacial score (nSPS) is 16.6. The van der Waals surface area contributed by atoms with E-state index in [1.807, 2.05) is 65.3 Å². The van der Waals surface area contributed by atoms with E-state index in [0.717, 1.165) is 47.5 Å². The number of benzene rings is 1. The van der Waals surface area contributed by atoms with Crippen LogP contribution in [0.4, 0.5) is 4.79 Å². The highest BCUT2D eigenvalue weighted by molar-refractivity contribution is 5.99. The Balaban J connectivity index is 1.94. The van der Waals surface area contributed by atoms with E-state index in [2.05, 4.69) is 20.6 Å². The van der Waals surface area contributed by atoms with Gasteiger partial charge in [0.25, 0.3) is 5.91 Å². The minimum absolute atomic E-state index is 0.000302. The fraction of sp³-hybridized carbons (Fsp3) is 0.659. The number of carbonyl (C=O) groups is 6. The highest BCUT2D eigenvalue weighted by atomic mass is 16.6. The summed E-state index contributed by atoms with van der Waals surface area (Å²) in [6.45, 7) is 8.37. The van der Waals surface area contributed by atoms with Gasteiger partial charge in [0.15, 0.2) is 0 Å². The summed E-state index contributed by atoms with van der Waals surface area (Å²) in [6, 6.07) is 4.78. The standard InChI is InChI=1S/C44H71N9O8/c1-9-29(2)39(46)42(59)51(20-21-53(6,7)8)37(55)25-36(54)35(23-31-18-14-11-15-19-31)52(43(60)61-44(3,4)5)38(56)27-48-41(58)34(24-32-26-47-28-49-32)50-40(57)33(45)22-30-16-12-10-13-17-30/h10,12-13,16-17,26,28-29,31,33-36,39,54H,9,11,14-15,18-25,27,45-46H2,1-8H3,(H2-,47,48,49,50,57,58)/p+1/t29-,33-,34-,35-,36-,39-/m0/s1. The molecule has 0 aliphatic heterocycles. The van der Waals surface area contributed by atoms with E-state index < -0.39 is 84.5 Å². The number of aliphatic hydroxyl groups excluding tert-OH is 1. The maximum Gasteiger partial charge on any atom is 0.417 e. The molecule has 1 fully saturated rings. The number of nitrogens with one attached hydrogen (secondary N) is 3. The molecule has 0 saturated heterocycles. The van der Waals surface area contributed by atoms with Crippen LogP contribution in [0, 0.1) is 11.8 Å². The van der Waals surface area contributed by atoms with E-state index in [9.17, 15) is 33.9 Å². The van der Waals surface area contributed by atoms with Crippen molar-refractivity contribution in [3.63, 3.8) is 0 Å². The Bertz CT molecular complexity index is 1720. The van der Waals surface area contributed by atoms with Gasteiger partial charge in [0.1, 0.15) is 11.6 Å². The Hall–Kier alpha value is -4.71. The molecule has 0 radical (unpaired) electrons. The monoisotopic (exact) mass is 855 g/mol. The summed E-state index contributed by atoms with van der Waals surface area (Å²) in [7, 11) is 5.77. The topological polar surface area (TPSA) is 243 Å². The SMILES string of the molecule is CC[C@H](C)[C@H](N)C(=O)N(CC[N+](C)(C)C)C(=O)C[C@H](O)[C@H](CC1CCCCC1)N(C(=O)CNC(=O)[C@H](Cc1cnc[nH]1)NC(=O)[C@@H](N)Cc1ccccc1)C(=O)OC(C)(C)C. The zero-order chi connectivity index (χ0) is 45.5. The Kier molecular flexibility index (Phi) is 19.5. The fourth-order valence-corrected chi connectivity index (χ4v) is 7.23. The van der Waals surface area contributed by atoms with E-state index in [-0.39, 0.29) is 37.6 Å². The summed E-state index contributed by atoms with van der Waals surface area (Å²) in [5.74, 6) is -3.71. The molecule has 6 atom stereocenters. The molecule has 0 bridgehead atoms. The Labute approximate surface area is 361 Å². The third-order valence-corrected chi connectivity index (χ3v) is 11.1. The van der Waals surface area contributed by atoms with Crippen molar-refractivity contribution < 1.29 is 43.1 Å². The minimum atomic E-state index is -1.61. The zero-order valence-corrected chi connectivity index (χ0v) is 37.5. The lowest BCUT2D eigenvalue weighted by molar-refractivity contribution is -0.869. The van der Waals surface area contributed by atoms with Crippen molar-refractivity contribution in [1.82, 2.24) is 30.4 Å². The molecule has 3 rings (SSSR count). The number of imide groups is 2. The molecule has 340 valence electrons. The van der Waals surface area contributed by atoms with Crippen molar-refractivity contribution in [3.8, 4) is 0 Å². The summed E-state index contributed by atoms with van der Waals surface area (Å²) in [5, 5.41) is 17.3. The van der Waals surface area contributed by atoms with Gasteiger partial charge in [-0.3, -0.25) is 28.9 Å². The molecule has 1 aromatic carbocycles. The number of hydrogen-bond acceptors (Lipinski definition) is 11. The average Bonchev–Trinajstić information content (AvgIpc) is 3.71. The Morgan fingerprint density at radius 1 is 0.984 bits per heavy atom. The van der Waals surface area contributed by atoms with Gasteiger partial charge in [-0.2, -0.15) is 0 Å². The Morgan fingerprint density at radius 3 is 2.21 bits per heavy atom. The second kappa shape index (κ2) is 23.5. The largest absolute Gasteiger partial charge is 0.443 e. The van der Waals surface area contributed by atoms with Crippen LogP contribution >= 0.6 is 0 Å². The lowest BCUT2D eigenvalue weighted by Gasteiger charge is -2.38. The van der Waals surface area contributed by atoms with Gasteiger partial charge < -0.3 is 41.4 Å². The first-order chi connectivity index (χ1) is 28.6. The zero-order valence-electron chi connectivity index (χ0n) is 37.5. The number of nitrogens with two attached hydrogens (primary N) is 2. The lowest BCUT2D eigenvalue weighted by Crippen LogP contribution is -2.58. The van der Waals surface area contributed by atoms with Crippen molar-refractivity contribution in [2.24, 2.45) is 23.3 Å². The first-order valence-electron chi connectivity index (χ1n) is 21.6. The number of H-pyrrole nitrogens is 1. The van der Waals surface area contributed by atoms with E-state index in [4.69, 9.17) is 16.2 Å². The van der Waals surface area contributed by atoms with Crippen LogP contribution < -0.4 is 22.1 Å². The second-order valence-electron chi connectivity index (χ2n) is 18.5. The van der Waals surface area contributed by atoms with Gasteiger partial charge in [-0.15, -0.1) is 0 Å². The number of nitrogens with zero attached hydrogens (tertiary/aromatic N) is 4. The summed E-state index contributed by atoms with van der Waals surface area (Å²) < 4.78 is 6.17. The molecule has 1 aromatic heterocycles. The fourth-order valence-electron chi connectivity index (χ4n) is 7.23. The number of rotatable bonds is 21. The highest BCUT2D eigenvalue weighted by Gasteiger charge is 2.41. The number of hydrogen-bond donors (Lipinski definition) is 6. The summed E-state index contributed by atoms with van der Waals surface area (Å²) in [4.78, 5) is 92.3. The molecular formula is C44H72N9O8+. The number of quaternary nitrogens is 1. The predicted molar refractivity (Wildman–Crippen MR) is 231 cm³/mol. The van der Waals surface area contributed by atoms with E-state index in [0.29, 0.717) is 23.1 Å². The van der Waals surface area contributed by atoms with Gasteiger partial charge in [-0.25, -0.2) is 14.7 Å². The first-order valence-corrected chi connectivity index (χ1v) is 21.6. The van der Waals surface area contributed by atoms with Crippen LogP contribution in [0.25, 0.3) is 0 Å². The molecule has 61 heavy (non-hydrogen) atoms. The number of ether oxygens (including phenoxy) is 1. The third kappa shape index (κ3) is 16.9. The quantitative estimate of drug-likeness (QED) is 0.0997. The van der Waals surface area contributed by atoms with E-state index in [1.54, 1.807) is 20.8 Å². The van der Waals surface area contributed by atoms with Crippen LogP contribution in [0.1, 0.15) is 97.2 Å². The van der Waals surface area contributed by atoms with Gasteiger partial charge >= 0.3 is 6.09 Å². The van der Waals surface area contributed by atoms with Crippen LogP contribution in [0.3, 0.4) is 0 Å². The number of imidazole rings is 1. The van der Waals surface area contributed by atoms with Gasteiger partial charge in [0.05, 0.1) is 77.8 Å². The minimum Gasteiger partial charge on any atom is -0.443 e. The molecule has 1 saturated carbocycles. The Morgan fingerprint density at radius 2 is 1.64 bits per heavy atom. The van der Waals surface area contributed by atoms with Gasteiger partial charge in [-0.1, -0.05) is 82.7 Å². The van der Waals surface area contributed by atoms with Crippen LogP contribution in [-0.4, -0.2) is 142 Å². The molecule has 0 unspecified atom stereocenters. The molecule has 8 N–H and O–H groups in total. The molecule has 1 heterocycles. The van der Waals surface area contributed by atoms with Crippen LogP contribution in [0.2, 0.25) is 0 Å².